The Morgan fingerprint density at radius 1 is 0.846 bits per heavy atom. The van der Waals surface area contributed by atoms with Crippen molar-refractivity contribution in [2.24, 2.45) is 5.92 Å². The Bertz CT molecular complexity index is 689. The fourth-order valence-corrected chi connectivity index (χ4v) is 3.24. The Hall–Kier alpha value is -3.02. The van der Waals surface area contributed by atoms with Gasteiger partial charge in [-0.05, 0) is 49.9 Å². The summed E-state index contributed by atoms with van der Waals surface area (Å²) < 4.78 is 0. The lowest BCUT2D eigenvalue weighted by Crippen LogP contribution is -2.49. The van der Waals surface area contributed by atoms with E-state index in [0.717, 1.165) is 11.4 Å². The molecule has 26 heavy (non-hydrogen) atoms. The van der Waals surface area contributed by atoms with Gasteiger partial charge in [0.2, 0.25) is 0 Å². The van der Waals surface area contributed by atoms with Crippen molar-refractivity contribution >= 4 is 23.4 Å². The molecule has 6 heteroatoms. The molecule has 0 unspecified atom stereocenters. The average Bonchev–Trinajstić information content (AvgIpc) is 2.68. The molecule has 1 fully saturated rings. The quantitative estimate of drug-likeness (QED) is 0.716. The molecular weight excluding hydrogens is 330 g/mol. The van der Waals surface area contributed by atoms with Gasteiger partial charge in [0.25, 0.3) is 0 Å². The van der Waals surface area contributed by atoms with E-state index in [-0.39, 0.29) is 18.0 Å². The average molecular weight is 353 g/mol. The third-order valence-corrected chi connectivity index (χ3v) is 4.65. The number of nitrogens with zero attached hydrogens (tertiary/aromatic N) is 1. The zero-order chi connectivity index (χ0) is 18.4. The van der Waals surface area contributed by atoms with Crippen molar-refractivity contribution in [3.63, 3.8) is 0 Å². The number of carbonyl (C=O) groups is 2. The third kappa shape index (κ3) is 4.53. The smallest absolute Gasteiger partial charge is 0.334 e. The summed E-state index contributed by atoms with van der Waals surface area (Å²) >= 11 is 0. The topological polar surface area (TPSA) is 81.7 Å². The van der Waals surface area contributed by atoms with Gasteiger partial charge in [0.1, 0.15) is 0 Å². The highest BCUT2D eigenvalue weighted by molar-refractivity contribution is 5.79. The van der Waals surface area contributed by atoms with Crippen molar-refractivity contribution in [2.45, 2.75) is 31.7 Å². The molecule has 0 spiro atoms. The number of carbonyl (C=O) groups excluding carboxylic acids is 1. The molecule has 0 atom stereocenters. The Kier molecular flexibility index (Phi) is 5.73. The van der Waals surface area contributed by atoms with E-state index < -0.39 is 5.97 Å². The van der Waals surface area contributed by atoms with Crippen LogP contribution >= 0.6 is 0 Å². The number of carboxylic acids is 1. The predicted octanol–water partition coefficient (Wildman–Crippen LogP) is 3.68. The number of hydrazine groups is 1. The Morgan fingerprint density at radius 2 is 1.35 bits per heavy atom. The van der Waals surface area contributed by atoms with Crippen LogP contribution in [0.3, 0.4) is 0 Å². The number of amides is 2. The first-order valence-electron chi connectivity index (χ1n) is 8.83. The molecule has 0 bridgehead atoms. The number of hydrogen-bond acceptors (Lipinski definition) is 3. The summed E-state index contributed by atoms with van der Waals surface area (Å²) in [5, 5.41) is 13.8. The number of rotatable bonds is 5. The van der Waals surface area contributed by atoms with E-state index in [4.69, 9.17) is 5.11 Å². The third-order valence-electron chi connectivity index (χ3n) is 4.65. The standard InChI is InChI=1S/C20H23N3O3/c24-19(25)15-11-13-16(14-12-15)21-20(26)22-23(17-7-3-1-4-8-17)18-9-5-2-6-10-18/h1-10,15-16H,11-14H2,(H,24,25)(H2,21,22,26). The molecule has 2 aromatic rings. The molecule has 1 saturated carbocycles. The number of nitrogens with one attached hydrogen (secondary N) is 2. The summed E-state index contributed by atoms with van der Waals surface area (Å²) in [4.78, 5) is 23.5. The maximum Gasteiger partial charge on any atom is 0.334 e. The monoisotopic (exact) mass is 353 g/mol. The van der Waals surface area contributed by atoms with E-state index in [0.29, 0.717) is 25.7 Å². The van der Waals surface area contributed by atoms with E-state index in [1.165, 1.54) is 0 Å². The summed E-state index contributed by atoms with van der Waals surface area (Å²) in [6.45, 7) is 0. The van der Waals surface area contributed by atoms with Crippen LogP contribution in [0.15, 0.2) is 60.7 Å². The molecule has 2 aromatic carbocycles. The van der Waals surface area contributed by atoms with E-state index in [2.05, 4.69) is 10.7 Å². The number of hydrogen-bond donors (Lipinski definition) is 3. The van der Waals surface area contributed by atoms with Gasteiger partial charge in [-0.2, -0.15) is 0 Å². The Labute approximate surface area is 152 Å². The number of urea groups is 1. The van der Waals surface area contributed by atoms with Crippen LogP contribution in [0, 0.1) is 5.92 Å². The molecule has 1 aliphatic rings. The fourth-order valence-electron chi connectivity index (χ4n) is 3.24. The van der Waals surface area contributed by atoms with E-state index in [1.807, 2.05) is 60.7 Å². The van der Waals surface area contributed by atoms with Gasteiger partial charge in [0.15, 0.2) is 0 Å². The highest BCUT2D eigenvalue weighted by Gasteiger charge is 2.27. The molecule has 0 heterocycles. The van der Waals surface area contributed by atoms with Gasteiger partial charge in [-0.15, -0.1) is 0 Å². The lowest BCUT2D eigenvalue weighted by atomic mass is 9.86. The van der Waals surface area contributed by atoms with Crippen LogP contribution in [0.25, 0.3) is 0 Å². The minimum absolute atomic E-state index is 0.000929. The summed E-state index contributed by atoms with van der Waals surface area (Å²) in [5.41, 5.74) is 4.60. The normalized spacial score (nSPS) is 19.4. The van der Waals surface area contributed by atoms with Crippen molar-refractivity contribution in [3.05, 3.63) is 60.7 Å². The molecule has 0 aliphatic heterocycles. The molecule has 2 amide bonds. The molecular formula is C20H23N3O3. The summed E-state index contributed by atoms with van der Waals surface area (Å²) in [6.07, 6.45) is 2.56. The lowest BCUT2D eigenvalue weighted by Gasteiger charge is -2.29. The second kappa shape index (κ2) is 8.38. The molecule has 1 aliphatic carbocycles. The number of carboxylic acid groups (broad SMARTS) is 1. The van der Waals surface area contributed by atoms with Crippen LogP contribution in [0.4, 0.5) is 16.2 Å². The molecule has 0 saturated heterocycles. The first-order valence-corrected chi connectivity index (χ1v) is 8.83. The number of benzene rings is 2. The van der Waals surface area contributed by atoms with Crippen LogP contribution < -0.4 is 15.8 Å². The predicted molar refractivity (Wildman–Crippen MR) is 100 cm³/mol. The molecule has 3 rings (SSSR count). The van der Waals surface area contributed by atoms with E-state index >= 15 is 0 Å². The van der Waals surface area contributed by atoms with Crippen LogP contribution in [-0.2, 0) is 4.79 Å². The van der Waals surface area contributed by atoms with Gasteiger partial charge in [-0.3, -0.25) is 9.80 Å². The molecule has 3 N–H and O–H groups in total. The van der Waals surface area contributed by atoms with E-state index in [9.17, 15) is 9.59 Å². The molecule has 6 nitrogen and oxygen atoms in total. The van der Waals surface area contributed by atoms with Gasteiger partial charge in [-0.1, -0.05) is 36.4 Å². The van der Waals surface area contributed by atoms with Crippen molar-refractivity contribution in [1.82, 2.24) is 10.7 Å². The molecule has 136 valence electrons. The summed E-state index contributed by atoms with van der Waals surface area (Å²) in [7, 11) is 0. The van der Waals surface area contributed by atoms with Gasteiger partial charge in [-0.25, -0.2) is 10.2 Å². The Balaban J connectivity index is 1.64. The number of anilines is 2. The van der Waals surface area contributed by atoms with Crippen LogP contribution in [-0.4, -0.2) is 23.1 Å². The Morgan fingerprint density at radius 3 is 1.81 bits per heavy atom. The molecule has 0 radical (unpaired) electrons. The minimum Gasteiger partial charge on any atom is -0.481 e. The van der Waals surface area contributed by atoms with Crippen molar-refractivity contribution in [3.8, 4) is 0 Å². The van der Waals surface area contributed by atoms with Crippen molar-refractivity contribution < 1.29 is 14.7 Å². The first kappa shape index (κ1) is 17.8. The maximum atomic E-state index is 12.5. The van der Waals surface area contributed by atoms with Crippen molar-refractivity contribution in [1.29, 1.82) is 0 Å². The zero-order valence-electron chi connectivity index (χ0n) is 14.5. The first-order chi connectivity index (χ1) is 12.6. The zero-order valence-corrected chi connectivity index (χ0v) is 14.5. The number of para-hydroxylation sites is 2. The highest BCUT2D eigenvalue weighted by Crippen LogP contribution is 2.25. The second-order valence-corrected chi connectivity index (χ2v) is 6.48. The maximum absolute atomic E-state index is 12.5. The minimum atomic E-state index is -0.743. The lowest BCUT2D eigenvalue weighted by molar-refractivity contribution is -0.142. The number of aliphatic carboxylic acids is 1. The van der Waals surface area contributed by atoms with Crippen LogP contribution in [0.5, 0.6) is 0 Å². The summed E-state index contributed by atoms with van der Waals surface area (Å²) in [5.74, 6) is -1.03. The van der Waals surface area contributed by atoms with Gasteiger partial charge in [0.05, 0.1) is 17.3 Å². The summed E-state index contributed by atoms with van der Waals surface area (Å²) in [6, 6.07) is 18.9. The fraction of sp³-hybridized carbons (Fsp3) is 0.300. The molecule has 0 aromatic heterocycles. The van der Waals surface area contributed by atoms with Crippen molar-refractivity contribution in [2.75, 3.05) is 5.01 Å². The van der Waals surface area contributed by atoms with Crippen LogP contribution in [0.1, 0.15) is 25.7 Å². The highest BCUT2D eigenvalue weighted by atomic mass is 16.4. The van der Waals surface area contributed by atoms with Crippen LogP contribution in [0.2, 0.25) is 0 Å². The SMILES string of the molecule is O=C(NC1CCC(C(=O)O)CC1)NN(c1ccccc1)c1ccccc1. The second-order valence-electron chi connectivity index (χ2n) is 6.48. The van der Waals surface area contributed by atoms with E-state index in [1.54, 1.807) is 5.01 Å². The largest absolute Gasteiger partial charge is 0.481 e. The van der Waals surface area contributed by atoms with Gasteiger partial charge < -0.3 is 10.4 Å². The van der Waals surface area contributed by atoms with Gasteiger partial charge in [0, 0.05) is 6.04 Å². The van der Waals surface area contributed by atoms with Gasteiger partial charge >= 0.3 is 12.0 Å².